The van der Waals surface area contributed by atoms with Crippen LogP contribution < -0.4 is 0 Å². The van der Waals surface area contributed by atoms with Crippen LogP contribution in [0.15, 0.2) is 18.2 Å². The van der Waals surface area contributed by atoms with Gasteiger partial charge >= 0.3 is 0 Å². The number of hydrogen-bond acceptors (Lipinski definition) is 3. The predicted molar refractivity (Wildman–Crippen MR) is 66.2 cm³/mol. The number of unbranched alkanes of at least 4 members (excludes halogenated alkanes) is 2. The first kappa shape index (κ1) is 13.1. The van der Waals surface area contributed by atoms with Crippen molar-refractivity contribution in [2.75, 3.05) is 20.2 Å². The van der Waals surface area contributed by atoms with Crippen molar-refractivity contribution in [2.24, 2.45) is 0 Å². The first-order valence-corrected chi connectivity index (χ1v) is 5.94. The molecule has 0 aliphatic heterocycles. The fraction of sp³-hybridized carbons (Fsp3) is 0.615. The molecule has 1 N–H and O–H groups in total. The van der Waals surface area contributed by atoms with Crippen LogP contribution in [0.5, 0.6) is 0 Å². The monoisotopic (exact) mass is 222 g/mol. The minimum Gasteiger partial charge on any atom is -0.396 e. The molecular weight excluding hydrogens is 200 g/mol. The average Bonchev–Trinajstić information content (AvgIpc) is 2.24. The maximum atomic E-state index is 8.67. The van der Waals surface area contributed by atoms with Crippen LogP contribution in [0.3, 0.4) is 0 Å². The third-order valence-electron chi connectivity index (χ3n) is 2.58. The first-order valence-electron chi connectivity index (χ1n) is 5.94. The summed E-state index contributed by atoms with van der Waals surface area (Å²) in [6.07, 6.45) is 3.15. The number of hydrogen-bond donors (Lipinski definition) is 1. The Morgan fingerprint density at radius 2 is 2.06 bits per heavy atom. The highest BCUT2D eigenvalue weighted by molar-refractivity contribution is 5.09. The van der Waals surface area contributed by atoms with Crippen molar-refractivity contribution in [1.29, 1.82) is 0 Å². The number of pyridine rings is 1. The molecule has 16 heavy (non-hydrogen) atoms. The van der Waals surface area contributed by atoms with E-state index >= 15 is 0 Å². The SMILES string of the molecule is Cc1cccc(CN(C)CCCCCO)n1. The summed E-state index contributed by atoms with van der Waals surface area (Å²) in [7, 11) is 2.11. The lowest BCUT2D eigenvalue weighted by atomic mass is 10.2. The fourth-order valence-electron chi connectivity index (χ4n) is 1.71. The highest BCUT2D eigenvalue weighted by Gasteiger charge is 2.01. The van der Waals surface area contributed by atoms with E-state index in [-0.39, 0.29) is 0 Å². The summed E-state index contributed by atoms with van der Waals surface area (Å²) in [5.74, 6) is 0. The van der Waals surface area contributed by atoms with Crippen LogP contribution in [0.25, 0.3) is 0 Å². The van der Waals surface area contributed by atoms with Gasteiger partial charge in [-0.15, -0.1) is 0 Å². The molecule has 0 atom stereocenters. The number of rotatable bonds is 7. The molecule has 0 amide bonds. The van der Waals surface area contributed by atoms with E-state index < -0.39 is 0 Å². The lowest BCUT2D eigenvalue weighted by molar-refractivity contribution is 0.270. The van der Waals surface area contributed by atoms with E-state index in [0.29, 0.717) is 6.61 Å². The van der Waals surface area contributed by atoms with Gasteiger partial charge in [-0.25, -0.2) is 0 Å². The van der Waals surface area contributed by atoms with E-state index in [2.05, 4.69) is 29.1 Å². The van der Waals surface area contributed by atoms with Crippen molar-refractivity contribution >= 4 is 0 Å². The summed E-state index contributed by atoms with van der Waals surface area (Å²) >= 11 is 0. The van der Waals surface area contributed by atoms with Gasteiger partial charge in [0.15, 0.2) is 0 Å². The van der Waals surface area contributed by atoms with Crippen LogP contribution in [-0.4, -0.2) is 35.2 Å². The zero-order valence-electron chi connectivity index (χ0n) is 10.3. The molecule has 3 nitrogen and oxygen atoms in total. The van der Waals surface area contributed by atoms with Gasteiger partial charge in [0.2, 0.25) is 0 Å². The zero-order chi connectivity index (χ0) is 11.8. The van der Waals surface area contributed by atoms with Crippen molar-refractivity contribution in [3.8, 4) is 0 Å². The number of aliphatic hydroxyl groups is 1. The van der Waals surface area contributed by atoms with Gasteiger partial charge in [-0.05, 0) is 51.9 Å². The van der Waals surface area contributed by atoms with Crippen molar-refractivity contribution in [3.63, 3.8) is 0 Å². The van der Waals surface area contributed by atoms with Gasteiger partial charge in [0, 0.05) is 18.8 Å². The molecule has 0 fully saturated rings. The highest BCUT2D eigenvalue weighted by atomic mass is 16.2. The third-order valence-corrected chi connectivity index (χ3v) is 2.58. The van der Waals surface area contributed by atoms with Gasteiger partial charge in [0.1, 0.15) is 0 Å². The zero-order valence-corrected chi connectivity index (χ0v) is 10.3. The van der Waals surface area contributed by atoms with Gasteiger partial charge < -0.3 is 10.0 Å². The lowest BCUT2D eigenvalue weighted by Gasteiger charge is -2.16. The Labute approximate surface area is 98.1 Å². The van der Waals surface area contributed by atoms with Crippen LogP contribution in [0, 0.1) is 6.92 Å². The van der Waals surface area contributed by atoms with E-state index in [1.54, 1.807) is 0 Å². The van der Waals surface area contributed by atoms with Gasteiger partial charge in [-0.2, -0.15) is 0 Å². The molecule has 3 heteroatoms. The largest absolute Gasteiger partial charge is 0.396 e. The first-order chi connectivity index (χ1) is 7.72. The highest BCUT2D eigenvalue weighted by Crippen LogP contribution is 2.03. The van der Waals surface area contributed by atoms with E-state index in [9.17, 15) is 0 Å². The Balaban J connectivity index is 2.25. The predicted octanol–water partition coefficient (Wildman–Crippen LogP) is 1.98. The maximum absolute atomic E-state index is 8.67. The standard InChI is InChI=1S/C13H22N2O/c1-12-7-6-8-13(14-12)11-15(2)9-4-3-5-10-16/h6-8,16H,3-5,9-11H2,1-2H3. The van der Waals surface area contributed by atoms with Crippen LogP contribution in [0.4, 0.5) is 0 Å². The summed E-state index contributed by atoms with van der Waals surface area (Å²) < 4.78 is 0. The number of nitrogens with zero attached hydrogens (tertiary/aromatic N) is 2. The molecule has 1 rings (SSSR count). The Morgan fingerprint density at radius 1 is 1.25 bits per heavy atom. The summed E-state index contributed by atoms with van der Waals surface area (Å²) in [4.78, 5) is 6.75. The van der Waals surface area contributed by atoms with Crippen molar-refractivity contribution in [2.45, 2.75) is 32.7 Å². The molecule has 0 aliphatic carbocycles. The Hall–Kier alpha value is -0.930. The number of aromatic nitrogens is 1. The van der Waals surface area contributed by atoms with Gasteiger partial charge in [0.05, 0.1) is 5.69 Å². The molecule has 0 saturated carbocycles. The van der Waals surface area contributed by atoms with Crippen molar-refractivity contribution in [3.05, 3.63) is 29.6 Å². The molecule has 0 aliphatic rings. The molecule has 0 saturated heterocycles. The molecule has 0 unspecified atom stereocenters. The van der Waals surface area contributed by atoms with Crippen LogP contribution in [0.1, 0.15) is 30.7 Å². The molecule has 0 radical (unpaired) electrons. The van der Waals surface area contributed by atoms with E-state index in [4.69, 9.17) is 5.11 Å². The average molecular weight is 222 g/mol. The maximum Gasteiger partial charge on any atom is 0.0547 e. The molecule has 90 valence electrons. The number of aryl methyl sites for hydroxylation is 1. The summed E-state index contributed by atoms with van der Waals surface area (Å²) in [6.45, 7) is 4.30. The van der Waals surface area contributed by atoms with Crippen LogP contribution >= 0.6 is 0 Å². The van der Waals surface area contributed by atoms with E-state index in [0.717, 1.165) is 43.7 Å². The topological polar surface area (TPSA) is 36.4 Å². The number of aliphatic hydroxyl groups excluding tert-OH is 1. The third kappa shape index (κ3) is 5.24. The Kier molecular flexibility index (Phi) is 6.04. The molecule has 0 bridgehead atoms. The molecule has 0 aromatic carbocycles. The molecule has 1 aromatic heterocycles. The quantitative estimate of drug-likeness (QED) is 0.717. The van der Waals surface area contributed by atoms with Crippen molar-refractivity contribution < 1.29 is 5.11 Å². The van der Waals surface area contributed by atoms with Crippen LogP contribution in [0.2, 0.25) is 0 Å². The van der Waals surface area contributed by atoms with E-state index in [1.165, 1.54) is 0 Å². The summed E-state index contributed by atoms with van der Waals surface area (Å²) in [5.41, 5.74) is 2.20. The second kappa shape index (κ2) is 7.36. The second-order valence-electron chi connectivity index (χ2n) is 4.29. The minimum absolute atomic E-state index is 0.309. The molecule has 1 aromatic rings. The lowest BCUT2D eigenvalue weighted by Crippen LogP contribution is -2.19. The van der Waals surface area contributed by atoms with E-state index in [1.807, 2.05) is 13.0 Å². The van der Waals surface area contributed by atoms with Gasteiger partial charge in [-0.3, -0.25) is 4.98 Å². The van der Waals surface area contributed by atoms with Crippen molar-refractivity contribution in [1.82, 2.24) is 9.88 Å². The molecule has 0 spiro atoms. The van der Waals surface area contributed by atoms with Gasteiger partial charge in [0.25, 0.3) is 0 Å². The molecule has 1 heterocycles. The fourth-order valence-corrected chi connectivity index (χ4v) is 1.71. The summed E-state index contributed by atoms with van der Waals surface area (Å²) in [6, 6.07) is 6.14. The Morgan fingerprint density at radius 3 is 2.75 bits per heavy atom. The Bertz CT molecular complexity index is 302. The molecular formula is C13H22N2O. The van der Waals surface area contributed by atoms with Gasteiger partial charge in [-0.1, -0.05) is 6.07 Å². The smallest absolute Gasteiger partial charge is 0.0547 e. The second-order valence-corrected chi connectivity index (χ2v) is 4.29. The normalized spacial score (nSPS) is 11.0. The minimum atomic E-state index is 0.309. The summed E-state index contributed by atoms with van der Waals surface area (Å²) in [5, 5.41) is 8.67. The van der Waals surface area contributed by atoms with Crippen LogP contribution in [-0.2, 0) is 6.54 Å².